The predicted octanol–water partition coefficient (Wildman–Crippen LogP) is 5.12. The molecule has 3 fully saturated rings. The Morgan fingerprint density at radius 2 is 1.62 bits per heavy atom. The first-order valence-corrected chi connectivity index (χ1v) is 13.1. The molecular formula is C22H40O3S. The molecule has 5 atom stereocenters. The van der Waals surface area contributed by atoms with Crippen molar-refractivity contribution in [2.24, 2.45) is 23.2 Å². The van der Waals surface area contributed by atoms with E-state index in [0.29, 0.717) is 5.92 Å². The van der Waals surface area contributed by atoms with Gasteiger partial charge in [0.05, 0.1) is 17.1 Å². The highest BCUT2D eigenvalue weighted by Gasteiger charge is 2.55. The maximum atomic E-state index is 13.4. The van der Waals surface area contributed by atoms with Crippen LogP contribution in [-0.4, -0.2) is 30.6 Å². The number of rotatable bonds is 5. The highest BCUT2D eigenvalue weighted by molar-refractivity contribution is 7.92. The summed E-state index contributed by atoms with van der Waals surface area (Å²) in [5, 5.41) is 11.6. The molecule has 26 heavy (non-hydrogen) atoms. The summed E-state index contributed by atoms with van der Waals surface area (Å²) in [5.74, 6) is 1.16. The zero-order valence-corrected chi connectivity index (χ0v) is 17.8. The topological polar surface area (TPSA) is 54.4 Å². The highest BCUT2D eigenvalue weighted by atomic mass is 32.2. The van der Waals surface area contributed by atoms with E-state index in [-0.39, 0.29) is 22.8 Å². The fourth-order valence-electron chi connectivity index (χ4n) is 6.61. The lowest BCUT2D eigenvalue weighted by molar-refractivity contribution is -0.0637. The van der Waals surface area contributed by atoms with Crippen LogP contribution in [0.3, 0.4) is 0 Å². The van der Waals surface area contributed by atoms with Crippen molar-refractivity contribution in [2.45, 2.75) is 109 Å². The molecule has 0 radical (unpaired) electrons. The van der Waals surface area contributed by atoms with E-state index in [9.17, 15) is 13.5 Å². The van der Waals surface area contributed by atoms with Gasteiger partial charge in [0.1, 0.15) is 0 Å². The first-order valence-electron chi connectivity index (χ1n) is 11.3. The maximum absolute atomic E-state index is 13.4. The van der Waals surface area contributed by atoms with Crippen LogP contribution in [0.5, 0.6) is 0 Å². The van der Waals surface area contributed by atoms with Crippen LogP contribution in [0.15, 0.2) is 0 Å². The van der Waals surface area contributed by atoms with Crippen LogP contribution in [0.25, 0.3) is 0 Å². The second kappa shape index (κ2) is 8.51. The molecule has 2 aliphatic carbocycles. The van der Waals surface area contributed by atoms with E-state index >= 15 is 0 Å². The quantitative estimate of drug-likeness (QED) is 0.716. The van der Waals surface area contributed by atoms with E-state index in [1.807, 2.05) is 0 Å². The van der Waals surface area contributed by atoms with E-state index in [1.165, 1.54) is 32.1 Å². The molecule has 0 aromatic rings. The van der Waals surface area contributed by atoms with Crippen molar-refractivity contribution in [2.75, 3.05) is 5.75 Å². The average molecular weight is 385 g/mol. The van der Waals surface area contributed by atoms with Crippen LogP contribution in [0.4, 0.5) is 0 Å². The molecule has 0 bridgehead atoms. The molecule has 1 aliphatic heterocycles. The molecule has 2 saturated carbocycles. The SMILES string of the molecule is CCCCC1(CC)CS(=O)(=O)C2CCCCC2C(C2CCCCC2)C1O. The Hall–Kier alpha value is -0.0900. The van der Waals surface area contributed by atoms with Crippen LogP contribution in [0.1, 0.15) is 97.3 Å². The lowest BCUT2D eigenvalue weighted by Gasteiger charge is -2.46. The predicted molar refractivity (Wildman–Crippen MR) is 108 cm³/mol. The number of unbranched alkanes of at least 4 members (excludes halogenated alkanes) is 1. The first kappa shape index (κ1) is 20.6. The molecule has 152 valence electrons. The van der Waals surface area contributed by atoms with E-state index in [4.69, 9.17) is 0 Å². The number of fused-ring (bicyclic) bond motifs is 1. The smallest absolute Gasteiger partial charge is 0.154 e. The van der Waals surface area contributed by atoms with Gasteiger partial charge in [-0.15, -0.1) is 0 Å². The van der Waals surface area contributed by atoms with Crippen molar-refractivity contribution in [1.82, 2.24) is 0 Å². The molecule has 4 heteroatoms. The summed E-state index contributed by atoms with van der Waals surface area (Å²) in [6, 6.07) is 0. The number of hydrogen-bond donors (Lipinski definition) is 1. The number of hydrogen-bond acceptors (Lipinski definition) is 3. The van der Waals surface area contributed by atoms with Crippen molar-refractivity contribution >= 4 is 9.84 Å². The van der Waals surface area contributed by atoms with Gasteiger partial charge in [-0.25, -0.2) is 8.42 Å². The average Bonchev–Trinajstić information content (AvgIpc) is 2.73. The summed E-state index contributed by atoms with van der Waals surface area (Å²) < 4.78 is 26.9. The molecule has 3 rings (SSSR count). The highest BCUT2D eigenvalue weighted by Crippen LogP contribution is 2.52. The van der Waals surface area contributed by atoms with Gasteiger partial charge in [0, 0.05) is 5.41 Å². The Morgan fingerprint density at radius 3 is 2.27 bits per heavy atom. The molecule has 5 unspecified atom stereocenters. The van der Waals surface area contributed by atoms with Crippen LogP contribution in [0.2, 0.25) is 0 Å². The third-order valence-electron chi connectivity index (χ3n) is 8.12. The van der Waals surface area contributed by atoms with Crippen molar-refractivity contribution in [3.8, 4) is 0 Å². The zero-order chi connectivity index (χ0) is 18.8. The molecule has 1 saturated heterocycles. The summed E-state index contributed by atoms with van der Waals surface area (Å²) >= 11 is 0. The largest absolute Gasteiger partial charge is 0.392 e. The molecule has 0 amide bonds. The third-order valence-corrected chi connectivity index (χ3v) is 10.6. The van der Waals surface area contributed by atoms with Gasteiger partial charge in [-0.1, -0.05) is 71.6 Å². The van der Waals surface area contributed by atoms with Gasteiger partial charge in [-0.05, 0) is 43.4 Å². The van der Waals surface area contributed by atoms with Gasteiger partial charge >= 0.3 is 0 Å². The van der Waals surface area contributed by atoms with Gasteiger partial charge in [0.15, 0.2) is 9.84 Å². The fraction of sp³-hybridized carbons (Fsp3) is 1.00. The van der Waals surface area contributed by atoms with Gasteiger partial charge in [0.2, 0.25) is 0 Å². The van der Waals surface area contributed by atoms with Crippen molar-refractivity contribution < 1.29 is 13.5 Å². The molecule has 1 N–H and O–H groups in total. The van der Waals surface area contributed by atoms with Crippen molar-refractivity contribution in [3.05, 3.63) is 0 Å². The van der Waals surface area contributed by atoms with Crippen LogP contribution in [0, 0.1) is 23.2 Å². The first-order chi connectivity index (χ1) is 12.4. The molecular weight excluding hydrogens is 344 g/mol. The normalized spacial score (nSPS) is 41.3. The summed E-state index contributed by atoms with van der Waals surface area (Å²) in [7, 11) is -3.13. The van der Waals surface area contributed by atoms with Crippen molar-refractivity contribution in [1.29, 1.82) is 0 Å². The second-order valence-corrected chi connectivity index (χ2v) is 11.8. The Morgan fingerprint density at radius 1 is 0.962 bits per heavy atom. The van der Waals surface area contributed by atoms with Crippen LogP contribution in [-0.2, 0) is 9.84 Å². The lowest BCUT2D eigenvalue weighted by Crippen LogP contribution is -2.47. The fourth-order valence-corrected chi connectivity index (χ4v) is 9.52. The maximum Gasteiger partial charge on any atom is 0.154 e. The Labute approximate surface area is 161 Å². The summed E-state index contributed by atoms with van der Waals surface area (Å²) in [6.07, 6.45) is 13.5. The van der Waals surface area contributed by atoms with Gasteiger partial charge in [-0.3, -0.25) is 0 Å². The Kier molecular flexibility index (Phi) is 6.75. The monoisotopic (exact) mass is 384 g/mol. The standard InChI is InChI=1S/C22H40O3S/c1-3-5-15-22(4-2)16-26(24,25)19-14-10-9-13-18(19)20(21(22)23)17-11-7-6-8-12-17/h17-21,23H,3-16H2,1-2H3. The number of aliphatic hydroxyl groups is 1. The molecule has 3 aliphatic rings. The minimum atomic E-state index is -3.13. The molecule has 1 heterocycles. The zero-order valence-electron chi connectivity index (χ0n) is 17.0. The molecule has 0 spiro atoms. The molecule has 0 aromatic heterocycles. The minimum Gasteiger partial charge on any atom is -0.392 e. The summed E-state index contributed by atoms with van der Waals surface area (Å²) in [5.41, 5.74) is -0.422. The summed E-state index contributed by atoms with van der Waals surface area (Å²) in [6.45, 7) is 4.28. The van der Waals surface area contributed by atoms with Gasteiger partial charge < -0.3 is 5.11 Å². The Balaban J connectivity index is 2.03. The van der Waals surface area contributed by atoms with E-state index in [2.05, 4.69) is 13.8 Å². The number of sulfone groups is 1. The summed E-state index contributed by atoms with van der Waals surface area (Å²) in [4.78, 5) is 0. The molecule has 3 nitrogen and oxygen atoms in total. The number of aliphatic hydroxyl groups excluding tert-OH is 1. The van der Waals surface area contributed by atoms with E-state index in [0.717, 1.165) is 51.4 Å². The van der Waals surface area contributed by atoms with Crippen LogP contribution >= 0.6 is 0 Å². The Bertz CT molecular complexity index is 552. The third kappa shape index (κ3) is 3.87. The van der Waals surface area contributed by atoms with Crippen LogP contribution < -0.4 is 0 Å². The van der Waals surface area contributed by atoms with Gasteiger partial charge in [0.25, 0.3) is 0 Å². The van der Waals surface area contributed by atoms with Crippen molar-refractivity contribution in [3.63, 3.8) is 0 Å². The van der Waals surface area contributed by atoms with E-state index < -0.39 is 21.4 Å². The minimum absolute atomic E-state index is 0.187. The van der Waals surface area contributed by atoms with E-state index in [1.54, 1.807) is 0 Å². The van der Waals surface area contributed by atoms with Gasteiger partial charge in [-0.2, -0.15) is 0 Å². The lowest BCUT2D eigenvalue weighted by atomic mass is 9.61. The second-order valence-electron chi connectivity index (χ2n) is 9.53. The molecule has 0 aromatic carbocycles.